The van der Waals surface area contributed by atoms with Gasteiger partial charge < -0.3 is 4.90 Å². The van der Waals surface area contributed by atoms with Gasteiger partial charge in [-0.05, 0) is 144 Å². The van der Waals surface area contributed by atoms with Crippen molar-refractivity contribution in [2.75, 3.05) is 4.90 Å². The zero-order chi connectivity index (χ0) is 33.4. The number of hydrogen-bond acceptors (Lipinski definition) is 1. The molecule has 0 spiro atoms. The van der Waals surface area contributed by atoms with Gasteiger partial charge in [0.05, 0.1) is 0 Å². The average Bonchev–Trinajstić information content (AvgIpc) is 3.07. The fourth-order valence-corrected chi connectivity index (χ4v) is 7.42. The molecule has 0 aliphatic heterocycles. The van der Waals surface area contributed by atoms with Crippen molar-refractivity contribution in [1.29, 1.82) is 0 Å². The fourth-order valence-electron chi connectivity index (χ4n) is 7.42. The predicted molar refractivity (Wildman–Crippen MR) is 208 cm³/mol. The molecule has 1 aliphatic carbocycles. The van der Waals surface area contributed by atoms with Crippen molar-refractivity contribution in [2.45, 2.75) is 59.3 Å². The molecule has 0 atom stereocenters. The summed E-state index contributed by atoms with van der Waals surface area (Å²) >= 11 is 0. The van der Waals surface area contributed by atoms with Crippen molar-refractivity contribution in [2.24, 2.45) is 0 Å². The molecule has 0 saturated carbocycles. The number of hydrogen-bond donors (Lipinski definition) is 0. The van der Waals surface area contributed by atoms with Gasteiger partial charge in [-0.25, -0.2) is 0 Å². The molecule has 1 aliphatic rings. The van der Waals surface area contributed by atoms with Crippen LogP contribution in [0.1, 0.15) is 58.2 Å². The van der Waals surface area contributed by atoms with Gasteiger partial charge in [-0.2, -0.15) is 0 Å². The lowest BCUT2D eigenvalue weighted by atomic mass is 9.77. The van der Waals surface area contributed by atoms with Crippen LogP contribution in [-0.2, 0) is 10.8 Å². The van der Waals surface area contributed by atoms with Crippen molar-refractivity contribution >= 4 is 38.6 Å². The summed E-state index contributed by atoms with van der Waals surface area (Å²) in [5.74, 6) is 0. The van der Waals surface area contributed by atoms with E-state index in [-0.39, 0.29) is 10.8 Å². The van der Waals surface area contributed by atoms with Crippen molar-refractivity contribution in [3.8, 4) is 33.4 Å². The van der Waals surface area contributed by atoms with Crippen LogP contribution in [0.3, 0.4) is 0 Å². The predicted octanol–water partition coefficient (Wildman–Crippen LogP) is 13.7. The Morgan fingerprint density at radius 2 is 0.938 bits per heavy atom. The minimum atomic E-state index is 0.00140. The Labute approximate surface area is 285 Å². The van der Waals surface area contributed by atoms with Gasteiger partial charge in [0.15, 0.2) is 0 Å². The molecule has 0 N–H and O–H groups in total. The minimum absolute atomic E-state index is 0.00140. The number of rotatable bonds is 4. The second kappa shape index (κ2) is 11.0. The van der Waals surface area contributed by atoms with Gasteiger partial charge >= 0.3 is 0 Å². The lowest BCUT2D eigenvalue weighted by Crippen LogP contribution is -2.19. The van der Waals surface area contributed by atoms with Crippen LogP contribution in [0.2, 0.25) is 0 Å². The summed E-state index contributed by atoms with van der Waals surface area (Å²) in [5, 5.41) is 5.11. The molecular weight excluding hydrogens is 579 g/mol. The Kier molecular flexibility index (Phi) is 6.90. The third-order valence-electron chi connectivity index (χ3n) is 10.2. The third kappa shape index (κ3) is 5.10. The van der Waals surface area contributed by atoms with E-state index < -0.39 is 0 Å². The van der Waals surface area contributed by atoms with Crippen LogP contribution in [0.4, 0.5) is 17.1 Å². The molecule has 0 bridgehead atoms. The summed E-state index contributed by atoms with van der Waals surface area (Å²) in [5.41, 5.74) is 15.6. The van der Waals surface area contributed by atoms with E-state index in [0.717, 1.165) is 0 Å². The Morgan fingerprint density at radius 3 is 1.54 bits per heavy atom. The molecule has 8 rings (SSSR count). The second-order valence-electron chi connectivity index (χ2n) is 15.6. The van der Waals surface area contributed by atoms with Crippen LogP contribution in [0, 0.1) is 6.92 Å². The third-order valence-corrected chi connectivity index (χ3v) is 10.2. The fraction of sp³-hybridized carbons (Fsp3) is 0.191. The molecule has 0 fully saturated rings. The molecule has 0 radical (unpaired) electrons. The van der Waals surface area contributed by atoms with Gasteiger partial charge in [-0.3, -0.25) is 0 Å². The summed E-state index contributed by atoms with van der Waals surface area (Å²) in [7, 11) is 0. The van der Waals surface area contributed by atoms with E-state index in [9.17, 15) is 0 Å². The molecule has 1 heteroatoms. The maximum atomic E-state index is 2.45. The first-order valence-corrected chi connectivity index (χ1v) is 17.2. The van der Waals surface area contributed by atoms with Gasteiger partial charge in [0.2, 0.25) is 0 Å². The minimum Gasteiger partial charge on any atom is -0.310 e. The molecule has 0 heterocycles. The van der Waals surface area contributed by atoms with Crippen LogP contribution in [0.15, 0.2) is 133 Å². The molecule has 1 nitrogen and oxygen atoms in total. The molecule has 236 valence electrons. The molecule has 0 aromatic heterocycles. The summed E-state index contributed by atoms with van der Waals surface area (Å²) in [4.78, 5) is 2.45. The number of aryl methyl sites for hydroxylation is 1. The maximum Gasteiger partial charge on any atom is 0.0499 e. The number of fused-ring (bicyclic) bond motifs is 6. The van der Waals surface area contributed by atoms with Crippen molar-refractivity contribution in [3.63, 3.8) is 0 Å². The molecule has 7 aromatic carbocycles. The zero-order valence-corrected chi connectivity index (χ0v) is 29.1. The van der Waals surface area contributed by atoms with Crippen molar-refractivity contribution in [3.05, 3.63) is 150 Å². The summed E-state index contributed by atoms with van der Waals surface area (Å²) in [6.07, 6.45) is 0. The lowest BCUT2D eigenvalue weighted by molar-refractivity contribution is 0.590. The van der Waals surface area contributed by atoms with Crippen LogP contribution < -0.4 is 4.90 Å². The topological polar surface area (TPSA) is 3.24 Å². The number of nitrogens with zero attached hydrogens (tertiary/aromatic N) is 1. The molecule has 48 heavy (non-hydrogen) atoms. The average molecular weight is 622 g/mol. The molecular formula is C47H43N. The molecule has 0 unspecified atom stereocenters. The van der Waals surface area contributed by atoms with E-state index in [1.807, 2.05) is 0 Å². The van der Waals surface area contributed by atoms with Gasteiger partial charge in [-0.15, -0.1) is 0 Å². The normalized spacial score (nSPS) is 12.5. The summed E-state index contributed by atoms with van der Waals surface area (Å²) in [6, 6.07) is 50.1. The SMILES string of the molecule is Cc1ccccc1N(c1ccc2cc3c(cc2c1)-c1cc2ccc(-c4ccc(C(C)(C)C)cc4)cc2cc1-3)c1ccccc1C(C)(C)C. The number of anilines is 3. The Morgan fingerprint density at radius 1 is 0.417 bits per heavy atom. The summed E-state index contributed by atoms with van der Waals surface area (Å²) < 4.78 is 0. The standard InChI is InChI=1S/C47H43N/c1-30-12-8-10-14-44(30)48(45-15-11-9-13-43(45)47(5,6)7)38-23-20-34-27-40-41-28-35-24-32(31-18-21-37(22-19-31)46(2,3)4)16-17-33(35)26-39(41)42(40)29-36(34)25-38/h8-29H,1-7H3. The van der Waals surface area contributed by atoms with Gasteiger partial charge in [0, 0.05) is 17.1 Å². The van der Waals surface area contributed by atoms with E-state index in [0.29, 0.717) is 0 Å². The summed E-state index contributed by atoms with van der Waals surface area (Å²) in [6.45, 7) is 15.9. The lowest BCUT2D eigenvalue weighted by Gasteiger charge is -2.33. The van der Waals surface area contributed by atoms with E-state index in [1.54, 1.807) is 0 Å². The highest BCUT2D eigenvalue weighted by Crippen LogP contribution is 2.51. The van der Waals surface area contributed by atoms with Crippen LogP contribution >= 0.6 is 0 Å². The van der Waals surface area contributed by atoms with Crippen LogP contribution in [0.25, 0.3) is 54.9 Å². The highest BCUT2D eigenvalue weighted by molar-refractivity contribution is 6.12. The van der Waals surface area contributed by atoms with E-state index in [1.165, 1.54) is 88.7 Å². The van der Waals surface area contributed by atoms with E-state index in [2.05, 4.69) is 187 Å². The van der Waals surface area contributed by atoms with Crippen molar-refractivity contribution < 1.29 is 0 Å². The van der Waals surface area contributed by atoms with E-state index in [4.69, 9.17) is 0 Å². The Hall–Kier alpha value is -5.14. The smallest absolute Gasteiger partial charge is 0.0499 e. The largest absolute Gasteiger partial charge is 0.310 e. The number of benzene rings is 7. The monoisotopic (exact) mass is 621 g/mol. The number of para-hydroxylation sites is 2. The molecule has 0 saturated heterocycles. The van der Waals surface area contributed by atoms with Gasteiger partial charge in [0.25, 0.3) is 0 Å². The van der Waals surface area contributed by atoms with E-state index >= 15 is 0 Å². The van der Waals surface area contributed by atoms with Gasteiger partial charge in [0.1, 0.15) is 0 Å². The first-order chi connectivity index (χ1) is 23.0. The first-order valence-electron chi connectivity index (χ1n) is 17.2. The zero-order valence-electron chi connectivity index (χ0n) is 29.1. The van der Waals surface area contributed by atoms with Crippen LogP contribution in [-0.4, -0.2) is 0 Å². The highest BCUT2D eigenvalue weighted by Gasteiger charge is 2.26. The van der Waals surface area contributed by atoms with Crippen LogP contribution in [0.5, 0.6) is 0 Å². The maximum absolute atomic E-state index is 2.45. The first kappa shape index (κ1) is 30.2. The van der Waals surface area contributed by atoms with Gasteiger partial charge in [-0.1, -0.05) is 120 Å². The highest BCUT2D eigenvalue weighted by atomic mass is 15.1. The Balaban J connectivity index is 1.20. The van der Waals surface area contributed by atoms with Crippen molar-refractivity contribution in [1.82, 2.24) is 0 Å². The second-order valence-corrected chi connectivity index (χ2v) is 15.6. The Bertz CT molecular complexity index is 2360. The quantitative estimate of drug-likeness (QED) is 0.189. The molecule has 7 aromatic rings. The molecule has 0 amide bonds.